The summed E-state index contributed by atoms with van der Waals surface area (Å²) in [6.45, 7) is 17.6. The minimum atomic E-state index is 0.0655. The van der Waals surface area contributed by atoms with Gasteiger partial charge in [-0.2, -0.15) is 0 Å². The number of fused-ring (bicyclic) bond motifs is 1. The SMILES string of the molecule is CC(C)c1c[nH]c2ccc(C3CN(C(C)(C)C)C(C)(C)CO3)cc12. The number of aromatic amines is 1. The molecule has 1 saturated heterocycles. The Morgan fingerprint density at radius 2 is 1.96 bits per heavy atom. The van der Waals surface area contributed by atoms with E-state index in [-0.39, 0.29) is 17.2 Å². The lowest BCUT2D eigenvalue weighted by molar-refractivity contribution is -0.132. The quantitative estimate of drug-likeness (QED) is 0.816. The van der Waals surface area contributed by atoms with E-state index in [2.05, 4.69) is 82.7 Å². The summed E-state index contributed by atoms with van der Waals surface area (Å²) in [5, 5.41) is 1.33. The maximum Gasteiger partial charge on any atom is 0.0953 e. The summed E-state index contributed by atoms with van der Waals surface area (Å²) in [6, 6.07) is 6.73. The Morgan fingerprint density at radius 1 is 1.25 bits per heavy atom. The minimum Gasteiger partial charge on any atom is -0.370 e. The van der Waals surface area contributed by atoms with E-state index in [1.54, 1.807) is 0 Å². The van der Waals surface area contributed by atoms with Gasteiger partial charge in [0.2, 0.25) is 0 Å². The van der Waals surface area contributed by atoms with Gasteiger partial charge in [0.05, 0.1) is 12.7 Å². The largest absolute Gasteiger partial charge is 0.370 e. The number of morpholine rings is 1. The van der Waals surface area contributed by atoms with Crippen molar-refractivity contribution in [3.8, 4) is 0 Å². The van der Waals surface area contributed by atoms with E-state index in [1.165, 1.54) is 22.0 Å². The number of nitrogens with zero attached hydrogens (tertiary/aromatic N) is 1. The van der Waals surface area contributed by atoms with E-state index in [1.807, 2.05) is 0 Å². The molecule has 1 fully saturated rings. The third-order valence-electron chi connectivity index (χ3n) is 5.26. The van der Waals surface area contributed by atoms with Crippen LogP contribution in [0.15, 0.2) is 24.4 Å². The highest BCUT2D eigenvalue weighted by Crippen LogP contribution is 2.36. The molecular formula is C21H32N2O. The van der Waals surface area contributed by atoms with E-state index in [0.717, 1.165) is 13.2 Å². The van der Waals surface area contributed by atoms with Gasteiger partial charge in [-0.1, -0.05) is 19.9 Å². The minimum absolute atomic E-state index is 0.0655. The molecule has 0 aliphatic carbocycles. The van der Waals surface area contributed by atoms with Gasteiger partial charge in [-0.3, -0.25) is 4.90 Å². The number of ether oxygens (including phenoxy) is 1. The molecule has 1 unspecified atom stereocenters. The number of hydrogen-bond donors (Lipinski definition) is 1. The van der Waals surface area contributed by atoms with Crippen molar-refractivity contribution >= 4 is 10.9 Å². The molecule has 3 heteroatoms. The molecule has 132 valence electrons. The Morgan fingerprint density at radius 3 is 2.58 bits per heavy atom. The third-order valence-corrected chi connectivity index (χ3v) is 5.26. The van der Waals surface area contributed by atoms with Crippen LogP contribution in [0.3, 0.4) is 0 Å². The summed E-state index contributed by atoms with van der Waals surface area (Å²) in [5.74, 6) is 0.520. The van der Waals surface area contributed by atoms with Gasteiger partial charge in [-0.15, -0.1) is 0 Å². The van der Waals surface area contributed by atoms with E-state index in [0.29, 0.717) is 5.92 Å². The molecule has 24 heavy (non-hydrogen) atoms. The zero-order valence-corrected chi connectivity index (χ0v) is 16.2. The van der Waals surface area contributed by atoms with Crippen molar-refractivity contribution < 1.29 is 4.74 Å². The van der Waals surface area contributed by atoms with E-state index in [9.17, 15) is 0 Å². The Labute approximate surface area is 146 Å². The lowest BCUT2D eigenvalue weighted by atomic mass is 9.91. The second-order valence-electron chi connectivity index (χ2n) is 9.10. The van der Waals surface area contributed by atoms with Gasteiger partial charge < -0.3 is 9.72 Å². The van der Waals surface area contributed by atoms with Crippen LogP contribution >= 0.6 is 0 Å². The molecule has 3 rings (SSSR count). The monoisotopic (exact) mass is 328 g/mol. The van der Waals surface area contributed by atoms with Crippen LogP contribution in [0.1, 0.15) is 71.6 Å². The summed E-state index contributed by atoms with van der Waals surface area (Å²) in [6.07, 6.45) is 2.28. The number of hydrogen-bond acceptors (Lipinski definition) is 2. The van der Waals surface area contributed by atoms with Crippen molar-refractivity contribution in [3.63, 3.8) is 0 Å². The highest BCUT2D eigenvalue weighted by atomic mass is 16.5. The molecule has 3 nitrogen and oxygen atoms in total. The van der Waals surface area contributed by atoms with Gasteiger partial charge in [-0.25, -0.2) is 0 Å². The van der Waals surface area contributed by atoms with Gasteiger partial charge in [-0.05, 0) is 63.8 Å². The standard InChI is InChI=1S/C21H32N2O/c1-14(2)17-11-22-18-9-8-15(10-16(17)18)19-12-23(20(3,4)5)21(6,7)13-24-19/h8-11,14,19,22H,12-13H2,1-7H3. The number of aromatic nitrogens is 1. The van der Waals surface area contributed by atoms with Crippen molar-refractivity contribution in [2.75, 3.05) is 13.2 Å². The molecule has 1 aliphatic rings. The Balaban J connectivity index is 1.94. The van der Waals surface area contributed by atoms with Crippen LogP contribution in [0.25, 0.3) is 10.9 Å². The molecule has 0 spiro atoms. The fourth-order valence-electron chi connectivity index (χ4n) is 4.07. The Hall–Kier alpha value is -1.32. The first-order chi connectivity index (χ1) is 11.1. The average Bonchev–Trinajstić information content (AvgIpc) is 2.88. The van der Waals surface area contributed by atoms with Crippen molar-refractivity contribution in [3.05, 3.63) is 35.5 Å². The fraction of sp³-hybridized carbons (Fsp3) is 0.619. The number of nitrogens with one attached hydrogen (secondary N) is 1. The van der Waals surface area contributed by atoms with Gasteiger partial charge in [0.15, 0.2) is 0 Å². The third kappa shape index (κ3) is 3.12. The molecule has 1 aromatic carbocycles. The zero-order valence-electron chi connectivity index (χ0n) is 16.2. The second kappa shape index (κ2) is 5.89. The van der Waals surface area contributed by atoms with Gasteiger partial charge >= 0.3 is 0 Å². The van der Waals surface area contributed by atoms with Crippen molar-refractivity contribution in [2.24, 2.45) is 0 Å². The van der Waals surface area contributed by atoms with Crippen molar-refractivity contribution in [2.45, 2.75) is 71.6 Å². The summed E-state index contributed by atoms with van der Waals surface area (Å²) in [4.78, 5) is 5.98. The second-order valence-corrected chi connectivity index (χ2v) is 9.10. The number of rotatable bonds is 2. The maximum atomic E-state index is 6.28. The molecule has 0 amide bonds. The number of H-pyrrole nitrogens is 1. The van der Waals surface area contributed by atoms with Crippen LogP contribution < -0.4 is 0 Å². The smallest absolute Gasteiger partial charge is 0.0953 e. The van der Waals surface area contributed by atoms with Gasteiger partial charge in [0.1, 0.15) is 0 Å². The van der Waals surface area contributed by atoms with Crippen molar-refractivity contribution in [1.29, 1.82) is 0 Å². The molecule has 2 heterocycles. The highest BCUT2D eigenvalue weighted by Gasteiger charge is 2.41. The molecule has 0 bridgehead atoms. The fourth-order valence-corrected chi connectivity index (χ4v) is 4.07. The molecule has 0 radical (unpaired) electrons. The molecule has 2 aromatic rings. The van der Waals surface area contributed by atoms with E-state index < -0.39 is 0 Å². The van der Waals surface area contributed by atoms with Crippen LogP contribution in [-0.2, 0) is 4.74 Å². The Bertz CT molecular complexity index is 721. The summed E-state index contributed by atoms with van der Waals surface area (Å²) >= 11 is 0. The molecular weight excluding hydrogens is 296 g/mol. The zero-order chi connectivity index (χ0) is 17.7. The lowest BCUT2D eigenvalue weighted by Crippen LogP contribution is -2.60. The summed E-state index contributed by atoms with van der Waals surface area (Å²) in [5.41, 5.74) is 4.08. The van der Waals surface area contributed by atoms with Crippen LogP contribution in [0.4, 0.5) is 0 Å². The molecule has 1 N–H and O–H groups in total. The van der Waals surface area contributed by atoms with Crippen molar-refractivity contribution in [1.82, 2.24) is 9.88 Å². The highest BCUT2D eigenvalue weighted by molar-refractivity contribution is 5.84. The first-order valence-electron chi connectivity index (χ1n) is 9.10. The molecule has 1 aliphatic heterocycles. The van der Waals surface area contributed by atoms with Gasteiger partial charge in [0.25, 0.3) is 0 Å². The molecule has 0 saturated carbocycles. The number of benzene rings is 1. The Kier molecular flexibility index (Phi) is 4.29. The first-order valence-corrected chi connectivity index (χ1v) is 9.10. The van der Waals surface area contributed by atoms with Gasteiger partial charge in [0, 0.05) is 34.7 Å². The lowest BCUT2D eigenvalue weighted by Gasteiger charge is -2.52. The summed E-state index contributed by atoms with van der Waals surface area (Å²) < 4.78 is 6.28. The normalized spacial score (nSPS) is 22.4. The maximum absolute atomic E-state index is 6.28. The van der Waals surface area contributed by atoms with Crippen LogP contribution in [-0.4, -0.2) is 34.1 Å². The summed E-state index contributed by atoms with van der Waals surface area (Å²) in [7, 11) is 0. The molecule has 1 atom stereocenters. The average molecular weight is 329 g/mol. The topological polar surface area (TPSA) is 28.3 Å². The predicted octanol–water partition coefficient (Wildman–Crippen LogP) is 5.24. The predicted molar refractivity (Wildman–Crippen MR) is 102 cm³/mol. The van der Waals surface area contributed by atoms with E-state index >= 15 is 0 Å². The van der Waals surface area contributed by atoms with Crippen LogP contribution in [0.5, 0.6) is 0 Å². The van der Waals surface area contributed by atoms with Crippen LogP contribution in [0.2, 0.25) is 0 Å². The molecule has 1 aromatic heterocycles. The van der Waals surface area contributed by atoms with Crippen LogP contribution in [0, 0.1) is 0 Å². The first kappa shape index (κ1) is 17.5. The van der Waals surface area contributed by atoms with E-state index in [4.69, 9.17) is 4.74 Å².